The minimum Gasteiger partial charge on any atom is -0.455 e. The van der Waals surface area contributed by atoms with Crippen LogP contribution in [0, 0.1) is 5.82 Å². The topological polar surface area (TPSA) is 64.3 Å². The number of halogens is 1. The molecule has 1 heterocycles. The molecule has 3 rings (SSSR count). The van der Waals surface area contributed by atoms with E-state index >= 15 is 0 Å². The molecule has 19 heavy (non-hydrogen) atoms. The molecule has 0 atom stereocenters. The number of benzene rings is 2. The van der Waals surface area contributed by atoms with Gasteiger partial charge in [-0.2, -0.15) is 0 Å². The zero-order valence-corrected chi connectivity index (χ0v) is 9.94. The van der Waals surface area contributed by atoms with Gasteiger partial charge in [0.15, 0.2) is 5.75 Å². The third kappa shape index (κ3) is 2.22. The Labute approximate surface area is 109 Å². The van der Waals surface area contributed by atoms with Crippen LogP contribution < -0.4 is 15.8 Å². The van der Waals surface area contributed by atoms with Crippen LogP contribution in [0.25, 0.3) is 0 Å². The fraction of sp³-hybridized carbons (Fsp3) is 0.0714. The Balaban J connectivity index is 1.91. The number of ether oxygens (including phenoxy) is 1. The molecular weight excluding hydrogens is 247 g/mol. The molecule has 0 fully saturated rings. The normalized spacial score (nSPS) is 13.0. The molecule has 0 aliphatic carbocycles. The van der Waals surface area contributed by atoms with Gasteiger partial charge in [0.05, 0.1) is 12.1 Å². The van der Waals surface area contributed by atoms with Crippen molar-refractivity contribution in [3.8, 4) is 11.5 Å². The molecular formula is C14H11FN2O2. The number of rotatable bonds is 2. The van der Waals surface area contributed by atoms with Crippen molar-refractivity contribution in [2.24, 2.45) is 0 Å². The molecule has 3 N–H and O–H groups in total. The van der Waals surface area contributed by atoms with Crippen LogP contribution in [0.5, 0.6) is 11.5 Å². The first-order valence-electron chi connectivity index (χ1n) is 5.77. The van der Waals surface area contributed by atoms with Crippen molar-refractivity contribution in [2.75, 3.05) is 11.1 Å². The van der Waals surface area contributed by atoms with E-state index in [-0.39, 0.29) is 11.7 Å². The monoisotopic (exact) mass is 258 g/mol. The number of nitrogens with one attached hydrogen (secondary N) is 1. The van der Waals surface area contributed by atoms with Gasteiger partial charge in [-0.25, -0.2) is 4.39 Å². The Morgan fingerprint density at radius 3 is 2.68 bits per heavy atom. The number of anilines is 2. The highest BCUT2D eigenvalue weighted by Gasteiger charge is 2.20. The van der Waals surface area contributed by atoms with Gasteiger partial charge in [-0.1, -0.05) is 0 Å². The molecule has 0 saturated heterocycles. The molecule has 0 saturated carbocycles. The highest BCUT2D eigenvalue weighted by atomic mass is 19.1. The van der Waals surface area contributed by atoms with E-state index in [2.05, 4.69) is 5.32 Å². The number of nitrogen functional groups attached to an aromatic ring is 1. The van der Waals surface area contributed by atoms with E-state index in [9.17, 15) is 9.18 Å². The van der Waals surface area contributed by atoms with Crippen LogP contribution in [-0.2, 0) is 11.2 Å². The van der Waals surface area contributed by atoms with Gasteiger partial charge in [-0.05, 0) is 35.9 Å². The third-order valence-electron chi connectivity index (χ3n) is 2.90. The van der Waals surface area contributed by atoms with E-state index < -0.39 is 0 Å². The Morgan fingerprint density at radius 2 is 1.95 bits per heavy atom. The summed E-state index contributed by atoms with van der Waals surface area (Å²) in [6.07, 6.45) is 0.330. The lowest BCUT2D eigenvalue weighted by Crippen LogP contribution is -2.03. The molecule has 0 spiro atoms. The zero-order valence-electron chi connectivity index (χ0n) is 9.94. The predicted octanol–water partition coefficient (Wildman–Crippen LogP) is 2.69. The molecule has 1 aliphatic heterocycles. The van der Waals surface area contributed by atoms with E-state index in [1.807, 2.05) is 0 Å². The van der Waals surface area contributed by atoms with Crippen molar-refractivity contribution in [3.05, 3.63) is 47.8 Å². The molecule has 2 aromatic rings. The van der Waals surface area contributed by atoms with Gasteiger partial charge in [-0.15, -0.1) is 0 Å². The largest absolute Gasteiger partial charge is 0.455 e. The molecule has 2 aromatic carbocycles. The maximum absolute atomic E-state index is 12.8. The van der Waals surface area contributed by atoms with Gasteiger partial charge in [-0.3, -0.25) is 4.79 Å². The van der Waals surface area contributed by atoms with Gasteiger partial charge in [0.1, 0.15) is 11.6 Å². The van der Waals surface area contributed by atoms with Crippen LogP contribution in [0.3, 0.4) is 0 Å². The number of nitrogens with two attached hydrogens (primary N) is 1. The van der Waals surface area contributed by atoms with Crippen molar-refractivity contribution in [2.45, 2.75) is 6.42 Å². The van der Waals surface area contributed by atoms with Crippen molar-refractivity contribution >= 4 is 17.3 Å². The molecule has 96 valence electrons. The van der Waals surface area contributed by atoms with Gasteiger partial charge in [0.2, 0.25) is 5.91 Å². The summed E-state index contributed by atoms with van der Waals surface area (Å²) in [6, 6.07) is 9.04. The lowest BCUT2D eigenvalue weighted by molar-refractivity contribution is -0.115. The molecule has 0 radical (unpaired) electrons. The van der Waals surface area contributed by atoms with E-state index in [0.29, 0.717) is 29.3 Å². The summed E-state index contributed by atoms with van der Waals surface area (Å²) >= 11 is 0. The Bertz CT molecular complexity index is 653. The maximum Gasteiger partial charge on any atom is 0.228 e. The van der Waals surface area contributed by atoms with E-state index in [1.54, 1.807) is 12.1 Å². The average Bonchev–Trinajstić information content (AvgIpc) is 2.72. The fourth-order valence-corrected chi connectivity index (χ4v) is 1.99. The lowest BCUT2D eigenvalue weighted by Gasteiger charge is -2.10. The lowest BCUT2D eigenvalue weighted by atomic mass is 10.1. The summed E-state index contributed by atoms with van der Waals surface area (Å²) in [4.78, 5) is 11.3. The van der Waals surface area contributed by atoms with Crippen molar-refractivity contribution in [1.29, 1.82) is 0 Å². The summed E-state index contributed by atoms with van der Waals surface area (Å²) in [6.45, 7) is 0. The maximum atomic E-state index is 12.8. The van der Waals surface area contributed by atoms with Crippen LogP contribution >= 0.6 is 0 Å². The molecule has 0 unspecified atom stereocenters. The molecule has 1 amide bonds. The molecule has 4 nitrogen and oxygen atoms in total. The van der Waals surface area contributed by atoms with Crippen LogP contribution in [-0.4, -0.2) is 5.91 Å². The number of fused-ring (bicyclic) bond motifs is 1. The fourth-order valence-electron chi connectivity index (χ4n) is 1.99. The van der Waals surface area contributed by atoms with Gasteiger partial charge in [0.25, 0.3) is 0 Å². The number of hydrogen-bond acceptors (Lipinski definition) is 3. The number of carbonyl (C=O) groups is 1. The molecule has 1 aliphatic rings. The highest BCUT2D eigenvalue weighted by Crippen LogP contribution is 2.35. The second-order valence-corrected chi connectivity index (χ2v) is 4.33. The van der Waals surface area contributed by atoms with Crippen molar-refractivity contribution < 1.29 is 13.9 Å². The first kappa shape index (κ1) is 11.5. The molecule has 0 bridgehead atoms. The number of hydrogen-bond donors (Lipinski definition) is 2. The number of amides is 1. The Morgan fingerprint density at radius 1 is 1.21 bits per heavy atom. The highest BCUT2D eigenvalue weighted by molar-refractivity contribution is 6.00. The minimum atomic E-state index is -0.332. The summed E-state index contributed by atoms with van der Waals surface area (Å²) in [7, 11) is 0. The van der Waals surface area contributed by atoms with E-state index in [1.165, 1.54) is 24.3 Å². The number of carbonyl (C=O) groups excluding carboxylic acids is 1. The SMILES string of the molecule is Nc1cc2c(cc1Oc1ccc(F)cc1)NC(=O)C2. The van der Waals surface area contributed by atoms with E-state index in [4.69, 9.17) is 10.5 Å². The van der Waals surface area contributed by atoms with Gasteiger partial charge < -0.3 is 15.8 Å². The first-order valence-corrected chi connectivity index (χ1v) is 5.77. The zero-order chi connectivity index (χ0) is 13.4. The Hall–Kier alpha value is -2.56. The van der Waals surface area contributed by atoms with Gasteiger partial charge in [0, 0.05) is 11.8 Å². The third-order valence-corrected chi connectivity index (χ3v) is 2.90. The van der Waals surface area contributed by atoms with Crippen LogP contribution in [0.4, 0.5) is 15.8 Å². The summed E-state index contributed by atoms with van der Waals surface area (Å²) in [5.41, 5.74) is 7.88. The average molecular weight is 258 g/mol. The predicted molar refractivity (Wildman–Crippen MR) is 69.7 cm³/mol. The summed E-state index contributed by atoms with van der Waals surface area (Å²) < 4.78 is 18.4. The van der Waals surface area contributed by atoms with Gasteiger partial charge >= 0.3 is 0 Å². The van der Waals surface area contributed by atoms with Crippen LogP contribution in [0.2, 0.25) is 0 Å². The second-order valence-electron chi connectivity index (χ2n) is 4.33. The van der Waals surface area contributed by atoms with Crippen molar-refractivity contribution in [1.82, 2.24) is 0 Å². The quantitative estimate of drug-likeness (QED) is 0.814. The first-order chi connectivity index (χ1) is 9.11. The molecule has 0 aromatic heterocycles. The Kier molecular flexibility index (Phi) is 2.59. The summed E-state index contributed by atoms with van der Waals surface area (Å²) in [5.74, 6) is 0.528. The second kappa shape index (κ2) is 4.28. The van der Waals surface area contributed by atoms with Crippen LogP contribution in [0.15, 0.2) is 36.4 Å². The smallest absolute Gasteiger partial charge is 0.228 e. The standard InChI is InChI=1S/C14H11FN2O2/c15-9-1-3-10(4-2-9)19-13-7-12-8(5-11(13)16)6-14(18)17-12/h1-5,7H,6,16H2,(H,17,18). The summed E-state index contributed by atoms with van der Waals surface area (Å²) in [5, 5.41) is 2.73. The van der Waals surface area contributed by atoms with Crippen molar-refractivity contribution in [3.63, 3.8) is 0 Å². The van der Waals surface area contributed by atoms with Crippen LogP contribution in [0.1, 0.15) is 5.56 Å². The van der Waals surface area contributed by atoms with E-state index in [0.717, 1.165) is 5.56 Å². The molecule has 5 heteroatoms. The minimum absolute atomic E-state index is 0.0617.